The second-order valence-corrected chi connectivity index (χ2v) is 7.73. The normalized spacial score (nSPS) is 12.4. The van der Waals surface area contributed by atoms with Crippen LogP contribution >= 0.6 is 11.6 Å². The second kappa shape index (κ2) is 10.4. The maximum atomic E-state index is 12.0. The van der Waals surface area contributed by atoms with E-state index in [1.54, 1.807) is 6.07 Å². The van der Waals surface area contributed by atoms with Gasteiger partial charge in [0.05, 0.1) is 11.3 Å². The molecule has 0 saturated heterocycles. The molecule has 1 unspecified atom stereocenters. The number of nitrogens with one attached hydrogen (secondary N) is 2. The van der Waals surface area contributed by atoms with Crippen LogP contribution in [0.15, 0.2) is 29.2 Å². The number of rotatable bonds is 10. The van der Waals surface area contributed by atoms with E-state index in [-0.39, 0.29) is 36.4 Å². The summed E-state index contributed by atoms with van der Waals surface area (Å²) in [6.45, 7) is 3.36. The van der Waals surface area contributed by atoms with Gasteiger partial charge in [0.15, 0.2) is 6.61 Å². The highest BCUT2D eigenvalue weighted by Crippen LogP contribution is 2.15. The third kappa shape index (κ3) is 8.33. The first kappa shape index (κ1) is 21.4. The maximum Gasteiger partial charge on any atom is 0.307 e. The van der Waals surface area contributed by atoms with Gasteiger partial charge in [-0.15, -0.1) is 0 Å². The highest BCUT2D eigenvalue weighted by molar-refractivity contribution is 7.89. The number of halogens is 1. The maximum absolute atomic E-state index is 12.0. The minimum Gasteiger partial charge on any atom is -0.456 e. The van der Waals surface area contributed by atoms with E-state index in [4.69, 9.17) is 16.3 Å². The lowest BCUT2D eigenvalue weighted by Gasteiger charge is -2.12. The van der Waals surface area contributed by atoms with Crippen LogP contribution in [0.5, 0.6) is 0 Å². The Morgan fingerprint density at radius 2 is 2.04 bits per heavy atom. The summed E-state index contributed by atoms with van der Waals surface area (Å²) >= 11 is 5.76. The first-order valence-corrected chi connectivity index (χ1v) is 9.81. The molecule has 0 aliphatic heterocycles. The summed E-state index contributed by atoms with van der Waals surface area (Å²) in [7, 11) is -3.75. The summed E-state index contributed by atoms with van der Waals surface area (Å²) in [5.74, 6) is -1.04. The molecule has 140 valence electrons. The van der Waals surface area contributed by atoms with Crippen molar-refractivity contribution < 1.29 is 22.7 Å². The summed E-state index contributed by atoms with van der Waals surface area (Å²) < 4.78 is 31.2. The van der Waals surface area contributed by atoms with Gasteiger partial charge in [-0.3, -0.25) is 9.59 Å². The molecular formula is C16H23ClN2O5S. The zero-order valence-electron chi connectivity index (χ0n) is 14.2. The molecule has 0 aliphatic carbocycles. The molecule has 9 heteroatoms. The molecule has 1 aromatic rings. The van der Waals surface area contributed by atoms with E-state index in [1.807, 2.05) is 13.8 Å². The Morgan fingerprint density at radius 1 is 1.32 bits per heavy atom. The van der Waals surface area contributed by atoms with Gasteiger partial charge in [0.2, 0.25) is 10.0 Å². The highest BCUT2D eigenvalue weighted by atomic mass is 35.5. The fourth-order valence-corrected chi connectivity index (χ4v) is 3.38. The second-order valence-electron chi connectivity index (χ2n) is 5.52. The van der Waals surface area contributed by atoms with E-state index in [0.717, 1.165) is 12.8 Å². The number of ether oxygens (including phenoxy) is 1. The Hall–Kier alpha value is -1.64. The predicted octanol–water partition coefficient (Wildman–Crippen LogP) is 1.86. The van der Waals surface area contributed by atoms with Gasteiger partial charge < -0.3 is 10.1 Å². The van der Waals surface area contributed by atoms with Crippen molar-refractivity contribution >= 4 is 33.5 Å². The smallest absolute Gasteiger partial charge is 0.307 e. The summed E-state index contributed by atoms with van der Waals surface area (Å²) in [6, 6.07) is 5.80. The monoisotopic (exact) mass is 390 g/mol. The Kier molecular flexibility index (Phi) is 8.88. The van der Waals surface area contributed by atoms with E-state index in [2.05, 4.69) is 10.0 Å². The molecule has 0 bridgehead atoms. The molecule has 0 fully saturated rings. The number of carbonyl (C=O) groups is 2. The van der Waals surface area contributed by atoms with Gasteiger partial charge in [-0.2, -0.15) is 0 Å². The molecule has 0 radical (unpaired) electrons. The summed E-state index contributed by atoms with van der Waals surface area (Å²) in [5, 5.41) is 3.00. The van der Waals surface area contributed by atoms with Gasteiger partial charge in [-0.05, 0) is 31.5 Å². The number of hydrogen-bond donors (Lipinski definition) is 2. The molecule has 1 amide bonds. The largest absolute Gasteiger partial charge is 0.456 e. The van der Waals surface area contributed by atoms with Crippen molar-refractivity contribution in [2.75, 3.05) is 13.2 Å². The summed E-state index contributed by atoms with van der Waals surface area (Å²) in [5.41, 5.74) is 0. The third-order valence-corrected chi connectivity index (χ3v) is 4.91. The van der Waals surface area contributed by atoms with E-state index >= 15 is 0 Å². The minimum atomic E-state index is -3.75. The summed E-state index contributed by atoms with van der Waals surface area (Å²) in [6.07, 6.45) is 1.59. The lowest BCUT2D eigenvalue weighted by molar-refractivity contribution is -0.148. The molecule has 2 N–H and O–H groups in total. The first-order valence-electron chi connectivity index (χ1n) is 7.95. The Bertz CT molecular complexity index is 694. The van der Waals surface area contributed by atoms with Crippen LogP contribution in [-0.4, -0.2) is 39.5 Å². The number of carbonyl (C=O) groups excluding carboxylic acids is 2. The van der Waals surface area contributed by atoms with E-state index in [0.29, 0.717) is 5.02 Å². The van der Waals surface area contributed by atoms with Crippen LogP contribution in [0.2, 0.25) is 5.02 Å². The van der Waals surface area contributed by atoms with Crippen molar-refractivity contribution in [3.8, 4) is 0 Å². The average molecular weight is 391 g/mol. The topological polar surface area (TPSA) is 102 Å². The zero-order chi connectivity index (χ0) is 18.9. The van der Waals surface area contributed by atoms with E-state index in [9.17, 15) is 18.0 Å². The van der Waals surface area contributed by atoms with Crippen molar-refractivity contribution in [1.29, 1.82) is 0 Å². The fourth-order valence-electron chi connectivity index (χ4n) is 2.04. The summed E-state index contributed by atoms with van der Waals surface area (Å²) in [4.78, 5) is 23.2. The Balaban J connectivity index is 2.33. The van der Waals surface area contributed by atoms with Crippen LogP contribution in [0.25, 0.3) is 0 Å². The number of esters is 1. The molecule has 1 aromatic carbocycles. The molecule has 0 spiro atoms. The van der Waals surface area contributed by atoms with Crippen molar-refractivity contribution in [2.45, 2.75) is 44.0 Å². The molecule has 1 atom stereocenters. The first-order chi connectivity index (χ1) is 11.7. The average Bonchev–Trinajstić information content (AvgIpc) is 2.53. The highest BCUT2D eigenvalue weighted by Gasteiger charge is 2.15. The number of amides is 1. The molecule has 0 saturated carbocycles. The standard InChI is InChI=1S/C16H23ClN2O5S/c1-3-5-12(2)19-15(20)11-24-16(21)8-9-18-25(22,23)14-7-4-6-13(17)10-14/h4,6-7,10,12,18H,3,5,8-9,11H2,1-2H3,(H,19,20). The van der Waals surface area contributed by atoms with Crippen LogP contribution in [0.4, 0.5) is 0 Å². The Labute approximate surface area is 153 Å². The third-order valence-electron chi connectivity index (χ3n) is 3.22. The van der Waals surface area contributed by atoms with Gasteiger partial charge >= 0.3 is 5.97 Å². The van der Waals surface area contributed by atoms with Gasteiger partial charge in [0.25, 0.3) is 5.91 Å². The van der Waals surface area contributed by atoms with Crippen LogP contribution in [0.3, 0.4) is 0 Å². The number of sulfonamides is 1. The van der Waals surface area contributed by atoms with Crippen LogP contribution in [0, 0.1) is 0 Å². The van der Waals surface area contributed by atoms with Gasteiger partial charge in [0.1, 0.15) is 0 Å². The van der Waals surface area contributed by atoms with Crippen LogP contribution in [0.1, 0.15) is 33.1 Å². The van der Waals surface area contributed by atoms with Crippen LogP contribution in [-0.2, 0) is 24.3 Å². The minimum absolute atomic E-state index is 0.0117. The lowest BCUT2D eigenvalue weighted by Crippen LogP contribution is -2.36. The molecule has 7 nitrogen and oxygen atoms in total. The zero-order valence-corrected chi connectivity index (χ0v) is 15.8. The van der Waals surface area contributed by atoms with Gasteiger partial charge in [0, 0.05) is 17.6 Å². The Morgan fingerprint density at radius 3 is 2.68 bits per heavy atom. The molecule has 0 aromatic heterocycles. The van der Waals surface area contributed by atoms with E-state index < -0.39 is 16.0 Å². The molecule has 25 heavy (non-hydrogen) atoms. The predicted molar refractivity (Wildman–Crippen MR) is 94.7 cm³/mol. The molecule has 0 heterocycles. The molecule has 1 rings (SSSR count). The van der Waals surface area contributed by atoms with Crippen LogP contribution < -0.4 is 10.0 Å². The number of benzene rings is 1. The lowest BCUT2D eigenvalue weighted by atomic mass is 10.2. The van der Waals surface area contributed by atoms with E-state index in [1.165, 1.54) is 18.2 Å². The SMILES string of the molecule is CCCC(C)NC(=O)COC(=O)CCNS(=O)(=O)c1cccc(Cl)c1. The fraction of sp³-hybridized carbons (Fsp3) is 0.500. The van der Waals surface area contributed by atoms with Gasteiger partial charge in [-0.25, -0.2) is 13.1 Å². The molecular weight excluding hydrogens is 368 g/mol. The quantitative estimate of drug-likeness (QED) is 0.594. The van der Waals surface area contributed by atoms with Gasteiger partial charge in [-0.1, -0.05) is 31.0 Å². The van der Waals surface area contributed by atoms with Crippen molar-refractivity contribution in [2.24, 2.45) is 0 Å². The van der Waals surface area contributed by atoms with Crippen molar-refractivity contribution in [3.05, 3.63) is 29.3 Å². The molecule has 0 aliphatic rings. The van der Waals surface area contributed by atoms with Crippen molar-refractivity contribution in [3.63, 3.8) is 0 Å². The number of hydrogen-bond acceptors (Lipinski definition) is 5. The van der Waals surface area contributed by atoms with Crippen molar-refractivity contribution in [1.82, 2.24) is 10.0 Å².